The number of aryl methyl sites for hydroxylation is 2. The monoisotopic (exact) mass is 507 g/mol. The second-order valence-electron chi connectivity index (χ2n) is 8.96. The van der Waals surface area contributed by atoms with Crippen LogP contribution < -0.4 is 9.62 Å². The first-order chi connectivity index (χ1) is 15.8. The number of carbonyl (C=O) groups is 2. The number of amides is 2. The van der Waals surface area contributed by atoms with Gasteiger partial charge in [0.1, 0.15) is 12.6 Å². The number of hydrogen-bond donors (Lipinski definition) is 1. The number of benzene rings is 2. The smallest absolute Gasteiger partial charge is 0.244 e. The molecule has 0 aromatic heterocycles. The van der Waals surface area contributed by atoms with Gasteiger partial charge < -0.3 is 10.2 Å². The third-order valence-electron chi connectivity index (χ3n) is 5.56. The molecule has 2 amide bonds. The SMILES string of the molecule is Cc1ccccc1CN(C(=O)CN(c1ccc(Cl)cc1C)S(C)(=O)=O)[C@@H](C)C(=O)NCC(C)C. The normalized spacial score (nSPS) is 12.4. The molecule has 2 rings (SSSR count). The maximum absolute atomic E-state index is 13.6. The van der Waals surface area contributed by atoms with E-state index in [1.807, 2.05) is 45.0 Å². The molecule has 0 saturated carbocycles. The van der Waals surface area contributed by atoms with Crippen molar-refractivity contribution in [1.29, 1.82) is 0 Å². The van der Waals surface area contributed by atoms with E-state index in [9.17, 15) is 18.0 Å². The van der Waals surface area contributed by atoms with E-state index < -0.39 is 28.5 Å². The van der Waals surface area contributed by atoms with Crippen molar-refractivity contribution in [3.05, 3.63) is 64.2 Å². The summed E-state index contributed by atoms with van der Waals surface area (Å²) in [6, 6.07) is 11.6. The van der Waals surface area contributed by atoms with Gasteiger partial charge in [0.25, 0.3) is 0 Å². The van der Waals surface area contributed by atoms with E-state index in [4.69, 9.17) is 11.6 Å². The zero-order valence-corrected chi connectivity index (χ0v) is 22.2. The molecule has 2 aromatic rings. The lowest BCUT2D eigenvalue weighted by molar-refractivity contribution is -0.139. The molecule has 0 unspecified atom stereocenters. The van der Waals surface area contributed by atoms with Crippen molar-refractivity contribution in [2.45, 2.75) is 47.2 Å². The molecule has 0 spiro atoms. The Kier molecular flexibility index (Phi) is 9.53. The average molecular weight is 508 g/mol. The van der Waals surface area contributed by atoms with Crippen LogP contribution in [0.25, 0.3) is 0 Å². The zero-order chi connectivity index (χ0) is 25.6. The molecule has 0 saturated heterocycles. The molecule has 0 heterocycles. The van der Waals surface area contributed by atoms with Gasteiger partial charge in [0.15, 0.2) is 0 Å². The van der Waals surface area contributed by atoms with Crippen molar-refractivity contribution < 1.29 is 18.0 Å². The number of anilines is 1. The van der Waals surface area contributed by atoms with Crippen LogP contribution in [0, 0.1) is 19.8 Å². The fraction of sp³-hybridized carbons (Fsp3) is 0.440. The lowest BCUT2D eigenvalue weighted by Gasteiger charge is -2.32. The van der Waals surface area contributed by atoms with Crippen LogP contribution in [0.5, 0.6) is 0 Å². The summed E-state index contributed by atoms with van der Waals surface area (Å²) >= 11 is 6.04. The van der Waals surface area contributed by atoms with Crippen molar-refractivity contribution in [2.75, 3.05) is 23.7 Å². The third-order valence-corrected chi connectivity index (χ3v) is 6.92. The van der Waals surface area contributed by atoms with Gasteiger partial charge in [0.2, 0.25) is 21.8 Å². The second kappa shape index (κ2) is 11.7. The maximum atomic E-state index is 13.6. The summed E-state index contributed by atoms with van der Waals surface area (Å²) in [5, 5.41) is 3.34. The Morgan fingerprint density at radius 2 is 1.68 bits per heavy atom. The average Bonchev–Trinajstić information content (AvgIpc) is 2.74. The molecule has 0 aliphatic rings. The van der Waals surface area contributed by atoms with Crippen LogP contribution in [-0.2, 0) is 26.2 Å². The zero-order valence-electron chi connectivity index (χ0n) is 20.6. The van der Waals surface area contributed by atoms with Crippen molar-refractivity contribution in [1.82, 2.24) is 10.2 Å². The minimum atomic E-state index is -3.79. The molecule has 2 aromatic carbocycles. The highest BCUT2D eigenvalue weighted by atomic mass is 35.5. The Morgan fingerprint density at radius 1 is 1.03 bits per heavy atom. The molecule has 9 heteroatoms. The van der Waals surface area contributed by atoms with Crippen molar-refractivity contribution in [3.63, 3.8) is 0 Å². The predicted molar refractivity (Wildman–Crippen MR) is 137 cm³/mol. The summed E-state index contributed by atoms with van der Waals surface area (Å²) in [5.41, 5.74) is 2.85. The Morgan fingerprint density at radius 3 is 2.24 bits per heavy atom. The predicted octanol–water partition coefficient (Wildman–Crippen LogP) is 3.91. The fourth-order valence-electron chi connectivity index (χ4n) is 3.50. The lowest BCUT2D eigenvalue weighted by atomic mass is 10.1. The van der Waals surface area contributed by atoms with E-state index in [2.05, 4.69) is 5.32 Å². The molecule has 1 N–H and O–H groups in total. The van der Waals surface area contributed by atoms with Gasteiger partial charge in [0.05, 0.1) is 11.9 Å². The van der Waals surface area contributed by atoms with E-state index in [0.29, 0.717) is 22.8 Å². The minimum Gasteiger partial charge on any atom is -0.354 e. The molecule has 0 aliphatic heterocycles. The number of nitrogens with one attached hydrogen (secondary N) is 1. The summed E-state index contributed by atoms with van der Waals surface area (Å²) in [7, 11) is -3.79. The largest absolute Gasteiger partial charge is 0.354 e. The molecule has 7 nitrogen and oxygen atoms in total. The van der Waals surface area contributed by atoms with Gasteiger partial charge >= 0.3 is 0 Å². The topological polar surface area (TPSA) is 86.8 Å². The van der Waals surface area contributed by atoms with Gasteiger partial charge in [-0.15, -0.1) is 0 Å². The number of carbonyl (C=O) groups excluding carboxylic acids is 2. The van der Waals surface area contributed by atoms with E-state index in [1.54, 1.807) is 32.0 Å². The minimum absolute atomic E-state index is 0.180. The van der Waals surface area contributed by atoms with E-state index in [0.717, 1.165) is 21.7 Å². The second-order valence-corrected chi connectivity index (χ2v) is 11.3. The first-order valence-corrected chi connectivity index (χ1v) is 13.4. The standard InChI is InChI=1S/C25H34ClN3O4S/c1-17(2)14-27-25(31)20(5)28(15-21-10-8-7-9-18(21)3)24(30)16-29(34(6,32)33)23-12-11-22(26)13-19(23)4/h7-13,17,20H,14-16H2,1-6H3,(H,27,31)/t20-/m0/s1. The number of nitrogens with zero attached hydrogens (tertiary/aromatic N) is 2. The molecule has 186 valence electrons. The molecule has 0 bridgehead atoms. The number of rotatable bonds is 10. The van der Waals surface area contributed by atoms with Crippen LogP contribution in [0.2, 0.25) is 5.02 Å². The summed E-state index contributed by atoms with van der Waals surface area (Å²) in [6.07, 6.45) is 1.05. The van der Waals surface area contributed by atoms with Gasteiger partial charge in [-0.25, -0.2) is 8.42 Å². The summed E-state index contributed by atoms with van der Waals surface area (Å²) in [5.74, 6) is -0.510. The quantitative estimate of drug-likeness (QED) is 0.528. The summed E-state index contributed by atoms with van der Waals surface area (Å²) in [6.45, 7) is 9.52. The Balaban J connectivity index is 2.41. The highest BCUT2D eigenvalue weighted by molar-refractivity contribution is 7.92. The van der Waals surface area contributed by atoms with Crippen LogP contribution in [0.15, 0.2) is 42.5 Å². The number of sulfonamides is 1. The summed E-state index contributed by atoms with van der Waals surface area (Å²) in [4.78, 5) is 27.9. The summed E-state index contributed by atoms with van der Waals surface area (Å²) < 4.78 is 26.4. The van der Waals surface area contributed by atoms with Gasteiger partial charge in [-0.1, -0.05) is 49.7 Å². The molecule has 1 atom stereocenters. The Bertz CT molecular complexity index is 1130. The number of hydrogen-bond acceptors (Lipinski definition) is 4. The van der Waals surface area contributed by atoms with Crippen molar-refractivity contribution in [2.24, 2.45) is 5.92 Å². The Hall–Kier alpha value is -2.58. The first kappa shape index (κ1) is 27.7. The van der Waals surface area contributed by atoms with Gasteiger partial charge in [0, 0.05) is 18.1 Å². The lowest BCUT2D eigenvalue weighted by Crippen LogP contribution is -2.51. The Labute approximate surface area is 208 Å². The van der Waals surface area contributed by atoms with Crippen LogP contribution in [0.1, 0.15) is 37.5 Å². The maximum Gasteiger partial charge on any atom is 0.244 e. The van der Waals surface area contributed by atoms with E-state index >= 15 is 0 Å². The molecule has 34 heavy (non-hydrogen) atoms. The first-order valence-electron chi connectivity index (χ1n) is 11.2. The fourth-order valence-corrected chi connectivity index (χ4v) is 4.63. The highest BCUT2D eigenvalue weighted by Crippen LogP contribution is 2.26. The van der Waals surface area contributed by atoms with E-state index in [-0.39, 0.29) is 18.4 Å². The van der Waals surface area contributed by atoms with Gasteiger partial charge in [-0.2, -0.15) is 0 Å². The van der Waals surface area contributed by atoms with Gasteiger partial charge in [-0.05, 0) is 61.6 Å². The van der Waals surface area contributed by atoms with Crippen LogP contribution in [0.4, 0.5) is 5.69 Å². The van der Waals surface area contributed by atoms with Crippen LogP contribution in [0.3, 0.4) is 0 Å². The molecular weight excluding hydrogens is 474 g/mol. The van der Waals surface area contributed by atoms with Crippen LogP contribution >= 0.6 is 11.6 Å². The number of halogens is 1. The molecule has 0 aliphatic carbocycles. The van der Waals surface area contributed by atoms with Crippen molar-refractivity contribution >= 4 is 39.1 Å². The molecule has 0 radical (unpaired) electrons. The van der Waals surface area contributed by atoms with Crippen molar-refractivity contribution in [3.8, 4) is 0 Å². The van der Waals surface area contributed by atoms with Gasteiger partial charge in [-0.3, -0.25) is 13.9 Å². The molecular formula is C25H34ClN3O4S. The highest BCUT2D eigenvalue weighted by Gasteiger charge is 2.30. The molecule has 0 fully saturated rings. The third kappa shape index (κ3) is 7.46. The van der Waals surface area contributed by atoms with Crippen LogP contribution in [-0.4, -0.2) is 50.5 Å². The van der Waals surface area contributed by atoms with E-state index in [1.165, 1.54) is 4.90 Å².